The van der Waals surface area contributed by atoms with Crippen molar-refractivity contribution in [1.29, 1.82) is 0 Å². The Labute approximate surface area is 97.5 Å². The lowest BCUT2D eigenvalue weighted by Gasteiger charge is -1.95. The molecule has 0 N–H and O–H groups in total. The van der Waals surface area contributed by atoms with E-state index in [9.17, 15) is 4.79 Å². The minimum absolute atomic E-state index is 0.0211. The van der Waals surface area contributed by atoms with Crippen LogP contribution in [0.2, 0.25) is 0 Å². The van der Waals surface area contributed by atoms with Gasteiger partial charge in [-0.1, -0.05) is 43.2 Å². The van der Waals surface area contributed by atoms with Crippen molar-refractivity contribution in [2.45, 2.75) is 33.1 Å². The quantitative estimate of drug-likeness (QED) is 0.312. The fraction of sp³-hybridized carbons (Fsp3) is 0.333. The summed E-state index contributed by atoms with van der Waals surface area (Å²) in [7, 11) is 0. The van der Waals surface area contributed by atoms with Crippen LogP contribution in [0, 0.1) is 6.92 Å². The minimum atomic E-state index is 0.0211. The van der Waals surface area contributed by atoms with Crippen molar-refractivity contribution in [3.63, 3.8) is 0 Å². The highest BCUT2D eigenvalue weighted by molar-refractivity contribution is 6.04. The Balaban J connectivity index is 2.58. The lowest BCUT2D eigenvalue weighted by Crippen LogP contribution is -1.92. The van der Waals surface area contributed by atoms with Crippen molar-refractivity contribution in [3.8, 4) is 0 Å². The summed E-state index contributed by atoms with van der Waals surface area (Å²) in [6.45, 7) is 4.16. The molecular weight excluding hydrogens is 196 g/mol. The lowest BCUT2D eigenvalue weighted by molar-refractivity contribution is 0.104. The number of carbonyl (C=O) groups is 1. The van der Waals surface area contributed by atoms with E-state index in [2.05, 4.69) is 12.7 Å². The second-order valence-electron chi connectivity index (χ2n) is 3.89. The molecule has 0 fully saturated rings. The van der Waals surface area contributed by atoms with Crippen LogP contribution in [-0.2, 0) is 0 Å². The summed E-state index contributed by atoms with van der Waals surface area (Å²) in [6.07, 6.45) is 6.76. The van der Waals surface area contributed by atoms with Crippen LogP contribution in [0.1, 0.15) is 42.1 Å². The van der Waals surface area contributed by atoms with Crippen molar-refractivity contribution in [2.75, 3.05) is 0 Å². The van der Waals surface area contributed by atoms with Crippen molar-refractivity contribution in [2.24, 2.45) is 0 Å². The summed E-state index contributed by atoms with van der Waals surface area (Å²) in [4.78, 5) is 11.7. The van der Waals surface area contributed by atoms with E-state index in [4.69, 9.17) is 0 Å². The molecular formula is C15H18O. The van der Waals surface area contributed by atoms with Crippen LogP contribution in [0.25, 0.3) is 0 Å². The first-order chi connectivity index (χ1) is 7.74. The van der Waals surface area contributed by atoms with E-state index < -0.39 is 0 Å². The fourth-order valence-electron chi connectivity index (χ4n) is 1.33. The molecule has 0 amide bonds. The Hall–Kier alpha value is -1.59. The predicted molar refractivity (Wildman–Crippen MR) is 67.7 cm³/mol. The molecule has 1 nitrogen and oxygen atoms in total. The maximum atomic E-state index is 11.7. The molecule has 0 heterocycles. The first kappa shape index (κ1) is 12.5. The van der Waals surface area contributed by atoms with Gasteiger partial charge in [0.25, 0.3) is 0 Å². The van der Waals surface area contributed by atoms with Crippen molar-refractivity contribution < 1.29 is 4.79 Å². The van der Waals surface area contributed by atoms with Gasteiger partial charge in [-0.15, -0.1) is 5.73 Å². The number of unbranched alkanes of at least 4 members (excludes halogenated alkanes) is 2. The lowest BCUT2D eigenvalue weighted by atomic mass is 10.1. The fourth-order valence-corrected chi connectivity index (χ4v) is 1.33. The molecule has 1 heteroatoms. The van der Waals surface area contributed by atoms with Crippen molar-refractivity contribution >= 4 is 5.78 Å². The smallest absolute Gasteiger partial charge is 0.193 e. The number of aryl methyl sites for hydroxylation is 1. The molecule has 0 atom stereocenters. The van der Waals surface area contributed by atoms with E-state index in [-0.39, 0.29) is 5.78 Å². The minimum Gasteiger partial charge on any atom is -0.289 e. The average Bonchev–Trinajstić information content (AvgIpc) is 2.29. The Morgan fingerprint density at radius 2 is 2.00 bits per heavy atom. The third-order valence-corrected chi connectivity index (χ3v) is 2.37. The molecule has 0 unspecified atom stereocenters. The zero-order valence-electron chi connectivity index (χ0n) is 9.99. The zero-order chi connectivity index (χ0) is 11.8. The molecule has 0 aliphatic rings. The highest BCUT2D eigenvalue weighted by atomic mass is 16.1. The molecule has 1 aromatic carbocycles. The second-order valence-corrected chi connectivity index (χ2v) is 3.89. The van der Waals surface area contributed by atoms with Gasteiger partial charge in [-0.2, -0.15) is 0 Å². The van der Waals surface area contributed by atoms with Gasteiger partial charge in [0.2, 0.25) is 0 Å². The highest BCUT2D eigenvalue weighted by Crippen LogP contribution is 2.04. The molecule has 0 aliphatic heterocycles. The summed E-state index contributed by atoms with van der Waals surface area (Å²) in [6, 6.07) is 7.59. The van der Waals surface area contributed by atoms with Crippen LogP contribution < -0.4 is 0 Å². The van der Waals surface area contributed by atoms with Crippen LogP contribution in [0.15, 0.2) is 42.1 Å². The van der Waals surface area contributed by atoms with Gasteiger partial charge in [0.1, 0.15) is 0 Å². The van der Waals surface area contributed by atoms with E-state index in [0.717, 1.165) is 18.4 Å². The number of allylic oxidation sites excluding steroid dienone is 1. The molecule has 16 heavy (non-hydrogen) atoms. The van der Waals surface area contributed by atoms with E-state index in [1.807, 2.05) is 37.3 Å². The first-order valence-electron chi connectivity index (χ1n) is 5.76. The van der Waals surface area contributed by atoms with E-state index >= 15 is 0 Å². The highest BCUT2D eigenvalue weighted by Gasteiger charge is 1.99. The molecule has 1 aromatic rings. The summed E-state index contributed by atoms with van der Waals surface area (Å²) in [5.74, 6) is 0.0211. The van der Waals surface area contributed by atoms with E-state index in [0.29, 0.717) is 0 Å². The summed E-state index contributed by atoms with van der Waals surface area (Å²) < 4.78 is 0. The van der Waals surface area contributed by atoms with E-state index in [1.165, 1.54) is 18.1 Å². The number of rotatable bonds is 5. The zero-order valence-corrected chi connectivity index (χ0v) is 9.99. The number of benzene rings is 1. The van der Waals surface area contributed by atoms with Crippen molar-refractivity contribution in [3.05, 3.63) is 53.3 Å². The SMILES string of the molecule is CCCCC=C=CC(=O)c1ccc(C)cc1. The molecule has 0 aromatic heterocycles. The Morgan fingerprint density at radius 3 is 2.62 bits per heavy atom. The van der Waals surface area contributed by atoms with Gasteiger partial charge in [0.05, 0.1) is 0 Å². The molecule has 1 rings (SSSR count). The largest absolute Gasteiger partial charge is 0.289 e. The summed E-state index contributed by atoms with van der Waals surface area (Å²) >= 11 is 0. The van der Waals surface area contributed by atoms with Crippen LogP contribution in [0.4, 0.5) is 0 Å². The molecule has 0 aliphatic carbocycles. The summed E-state index contributed by atoms with van der Waals surface area (Å²) in [5.41, 5.74) is 4.82. The average molecular weight is 214 g/mol. The molecule has 0 bridgehead atoms. The Kier molecular flexibility index (Phi) is 5.31. The number of ketones is 1. The molecule has 0 spiro atoms. The number of hydrogen-bond acceptors (Lipinski definition) is 1. The normalized spacial score (nSPS) is 9.38. The van der Waals surface area contributed by atoms with Gasteiger partial charge >= 0.3 is 0 Å². The van der Waals surface area contributed by atoms with Crippen molar-refractivity contribution in [1.82, 2.24) is 0 Å². The third kappa shape index (κ3) is 4.29. The third-order valence-electron chi connectivity index (χ3n) is 2.37. The maximum Gasteiger partial charge on any atom is 0.193 e. The standard InChI is InChI=1S/C15H18O/c1-3-4-5-6-7-8-15(16)14-11-9-13(2)10-12-14/h6,8-12H,3-5H2,1-2H3. The topological polar surface area (TPSA) is 17.1 Å². The van der Waals surface area contributed by atoms with Gasteiger partial charge in [0.15, 0.2) is 5.78 Å². The van der Waals surface area contributed by atoms with Crippen LogP contribution in [-0.4, -0.2) is 5.78 Å². The first-order valence-corrected chi connectivity index (χ1v) is 5.76. The van der Waals surface area contributed by atoms with Gasteiger partial charge in [-0.05, 0) is 25.8 Å². The molecule has 84 valence electrons. The Morgan fingerprint density at radius 1 is 1.31 bits per heavy atom. The number of carbonyl (C=O) groups excluding carboxylic acids is 1. The van der Waals surface area contributed by atoms with Crippen LogP contribution in [0.5, 0.6) is 0 Å². The van der Waals surface area contributed by atoms with Gasteiger partial charge in [-0.25, -0.2) is 0 Å². The monoisotopic (exact) mass is 214 g/mol. The molecule has 0 saturated carbocycles. The summed E-state index contributed by atoms with van der Waals surface area (Å²) in [5, 5.41) is 0. The van der Waals surface area contributed by atoms with Gasteiger partial charge in [-0.3, -0.25) is 4.79 Å². The maximum absolute atomic E-state index is 11.7. The van der Waals surface area contributed by atoms with E-state index in [1.54, 1.807) is 0 Å². The second kappa shape index (κ2) is 6.81. The molecule has 0 radical (unpaired) electrons. The Bertz CT molecular complexity index is 392. The van der Waals surface area contributed by atoms with Gasteiger partial charge in [0, 0.05) is 11.6 Å². The number of hydrogen-bond donors (Lipinski definition) is 0. The van der Waals surface area contributed by atoms with Gasteiger partial charge < -0.3 is 0 Å². The molecule has 0 saturated heterocycles. The predicted octanol–water partition coefficient (Wildman–Crippen LogP) is 4.08. The van der Waals surface area contributed by atoms with Crippen LogP contribution in [0.3, 0.4) is 0 Å². The van der Waals surface area contributed by atoms with Crippen LogP contribution >= 0.6 is 0 Å².